The summed E-state index contributed by atoms with van der Waals surface area (Å²) < 4.78 is 5.83. The number of hydrogen-bond acceptors (Lipinski definition) is 5. The first kappa shape index (κ1) is 16.6. The quantitative estimate of drug-likeness (QED) is 0.800. The van der Waals surface area contributed by atoms with Crippen LogP contribution in [0.25, 0.3) is 11.3 Å². The van der Waals surface area contributed by atoms with Crippen molar-refractivity contribution >= 4 is 44.3 Å². The van der Waals surface area contributed by atoms with E-state index in [9.17, 15) is 9.59 Å². The molecule has 0 spiro atoms. The highest BCUT2D eigenvalue weighted by Gasteiger charge is 2.13. The fourth-order valence-corrected chi connectivity index (χ4v) is 2.71. The average Bonchev–Trinajstić information content (AvgIpc) is 2.93. The predicted molar refractivity (Wildman–Crippen MR) is 89.7 cm³/mol. The summed E-state index contributed by atoms with van der Waals surface area (Å²) in [4.78, 5) is 27.4. The highest BCUT2D eigenvalue weighted by atomic mass is 79.9. The van der Waals surface area contributed by atoms with Gasteiger partial charge in [-0.15, -0.1) is 11.3 Å². The van der Waals surface area contributed by atoms with Crippen LogP contribution in [0, 0.1) is 5.92 Å². The molecule has 5 nitrogen and oxygen atoms in total. The maximum atomic E-state index is 11.7. The van der Waals surface area contributed by atoms with Crippen LogP contribution in [0.3, 0.4) is 0 Å². The summed E-state index contributed by atoms with van der Waals surface area (Å²) in [6, 6.07) is 7.74. The lowest BCUT2D eigenvalue weighted by molar-refractivity contribution is -0.150. The highest BCUT2D eigenvalue weighted by Crippen LogP contribution is 2.26. The monoisotopic (exact) mass is 382 g/mol. The summed E-state index contributed by atoms with van der Waals surface area (Å²) in [5.74, 6) is -1.05. The van der Waals surface area contributed by atoms with Gasteiger partial charge in [-0.1, -0.05) is 41.9 Å². The largest absolute Gasteiger partial charge is 0.455 e. The van der Waals surface area contributed by atoms with E-state index in [2.05, 4.69) is 26.2 Å². The number of halogens is 1. The van der Waals surface area contributed by atoms with Crippen molar-refractivity contribution in [3.63, 3.8) is 0 Å². The molecule has 0 aliphatic rings. The highest BCUT2D eigenvalue weighted by molar-refractivity contribution is 9.10. The standard InChI is InChI=1S/C15H15BrN2O3S/c1-9(2)14(20)21-7-13(19)18-15-17-12(8-22-15)10-4-3-5-11(16)6-10/h3-6,8-9H,7H2,1-2H3,(H,17,18,19). The van der Waals surface area contributed by atoms with Crippen LogP contribution in [0.1, 0.15) is 13.8 Å². The van der Waals surface area contributed by atoms with E-state index in [4.69, 9.17) is 4.74 Å². The number of thiazole rings is 1. The molecule has 2 rings (SSSR count). The summed E-state index contributed by atoms with van der Waals surface area (Å²) in [6.07, 6.45) is 0. The Kier molecular flexibility index (Phi) is 5.68. The van der Waals surface area contributed by atoms with Crippen LogP contribution >= 0.6 is 27.3 Å². The van der Waals surface area contributed by atoms with Crippen LogP contribution in [-0.4, -0.2) is 23.5 Å². The SMILES string of the molecule is CC(C)C(=O)OCC(=O)Nc1nc(-c2cccc(Br)c2)cs1. The van der Waals surface area contributed by atoms with Crippen LogP contribution in [0.15, 0.2) is 34.1 Å². The van der Waals surface area contributed by atoms with Crippen molar-refractivity contribution in [2.75, 3.05) is 11.9 Å². The molecule has 0 radical (unpaired) electrons. The fraction of sp³-hybridized carbons (Fsp3) is 0.267. The third kappa shape index (κ3) is 4.64. The number of anilines is 1. The number of hydrogen-bond donors (Lipinski definition) is 1. The summed E-state index contributed by atoms with van der Waals surface area (Å²) in [5.41, 5.74) is 1.73. The molecule has 2 aromatic rings. The predicted octanol–water partition coefficient (Wildman–Crippen LogP) is 3.71. The second-order valence-electron chi connectivity index (χ2n) is 4.86. The Morgan fingerprint density at radius 3 is 2.86 bits per heavy atom. The molecule has 22 heavy (non-hydrogen) atoms. The van der Waals surface area contributed by atoms with Gasteiger partial charge in [0.15, 0.2) is 11.7 Å². The lowest BCUT2D eigenvalue weighted by Gasteiger charge is -2.06. The summed E-state index contributed by atoms with van der Waals surface area (Å²) in [7, 11) is 0. The molecular formula is C15H15BrN2O3S. The Balaban J connectivity index is 1.95. The molecule has 1 amide bonds. The number of benzene rings is 1. The molecule has 0 atom stereocenters. The van der Waals surface area contributed by atoms with Crippen LogP contribution in [0.4, 0.5) is 5.13 Å². The van der Waals surface area contributed by atoms with Gasteiger partial charge in [-0.2, -0.15) is 0 Å². The molecule has 0 aliphatic heterocycles. The van der Waals surface area contributed by atoms with Gasteiger partial charge in [0.05, 0.1) is 11.6 Å². The number of nitrogens with zero attached hydrogens (tertiary/aromatic N) is 1. The van der Waals surface area contributed by atoms with Crippen molar-refractivity contribution in [2.24, 2.45) is 5.92 Å². The lowest BCUT2D eigenvalue weighted by Crippen LogP contribution is -2.22. The molecule has 7 heteroatoms. The fourth-order valence-electron chi connectivity index (χ4n) is 1.57. The number of aromatic nitrogens is 1. The summed E-state index contributed by atoms with van der Waals surface area (Å²) in [5, 5.41) is 4.95. The van der Waals surface area contributed by atoms with Crippen LogP contribution in [-0.2, 0) is 14.3 Å². The number of ether oxygens (including phenoxy) is 1. The molecule has 0 saturated heterocycles. The van der Waals surface area contributed by atoms with Crippen molar-refractivity contribution in [1.82, 2.24) is 4.98 Å². The normalized spacial score (nSPS) is 10.5. The minimum absolute atomic E-state index is 0.254. The molecule has 0 fully saturated rings. The van der Waals surface area contributed by atoms with E-state index >= 15 is 0 Å². The van der Waals surface area contributed by atoms with E-state index < -0.39 is 11.9 Å². The molecule has 1 aromatic carbocycles. The molecule has 1 heterocycles. The lowest BCUT2D eigenvalue weighted by atomic mass is 10.2. The first-order chi connectivity index (χ1) is 10.5. The molecule has 0 aliphatic carbocycles. The molecule has 1 N–H and O–H groups in total. The van der Waals surface area contributed by atoms with Gasteiger partial charge in [0.2, 0.25) is 0 Å². The minimum atomic E-state index is -0.399. The topological polar surface area (TPSA) is 68.3 Å². The number of amides is 1. The Morgan fingerprint density at radius 2 is 2.18 bits per heavy atom. The first-order valence-electron chi connectivity index (χ1n) is 6.63. The van der Waals surface area contributed by atoms with Gasteiger partial charge in [0.25, 0.3) is 5.91 Å². The van der Waals surface area contributed by atoms with E-state index in [1.165, 1.54) is 11.3 Å². The zero-order valence-corrected chi connectivity index (χ0v) is 14.5. The van der Waals surface area contributed by atoms with Crippen molar-refractivity contribution in [2.45, 2.75) is 13.8 Å². The van der Waals surface area contributed by atoms with E-state index in [1.807, 2.05) is 29.6 Å². The van der Waals surface area contributed by atoms with Crippen molar-refractivity contribution in [1.29, 1.82) is 0 Å². The molecule has 116 valence electrons. The third-order valence-corrected chi connectivity index (χ3v) is 3.94. The van der Waals surface area contributed by atoms with Gasteiger partial charge in [-0.3, -0.25) is 14.9 Å². The van der Waals surface area contributed by atoms with Crippen molar-refractivity contribution < 1.29 is 14.3 Å². The number of rotatable bonds is 5. The van der Waals surface area contributed by atoms with Crippen LogP contribution < -0.4 is 5.32 Å². The Labute approximate surface area is 140 Å². The molecule has 0 saturated carbocycles. The van der Waals surface area contributed by atoms with E-state index in [1.54, 1.807) is 13.8 Å². The van der Waals surface area contributed by atoms with Crippen molar-refractivity contribution in [3.8, 4) is 11.3 Å². The zero-order chi connectivity index (χ0) is 16.1. The molecule has 0 bridgehead atoms. The smallest absolute Gasteiger partial charge is 0.308 e. The molecule has 0 unspecified atom stereocenters. The molecular weight excluding hydrogens is 368 g/mol. The second-order valence-corrected chi connectivity index (χ2v) is 6.63. The Hall–Kier alpha value is -1.73. The van der Waals surface area contributed by atoms with Gasteiger partial charge in [-0.25, -0.2) is 4.98 Å². The molecule has 1 aromatic heterocycles. The van der Waals surface area contributed by atoms with Gasteiger partial charge in [0.1, 0.15) is 0 Å². The second kappa shape index (κ2) is 7.51. The number of nitrogens with one attached hydrogen (secondary N) is 1. The number of carbonyl (C=O) groups is 2. The summed E-state index contributed by atoms with van der Waals surface area (Å²) >= 11 is 4.73. The minimum Gasteiger partial charge on any atom is -0.455 e. The van der Waals surface area contributed by atoms with Gasteiger partial charge < -0.3 is 4.74 Å². The summed E-state index contributed by atoms with van der Waals surface area (Å²) in [6.45, 7) is 3.12. The van der Waals surface area contributed by atoms with Gasteiger partial charge >= 0.3 is 5.97 Å². The van der Waals surface area contributed by atoms with E-state index in [0.717, 1.165) is 15.7 Å². The van der Waals surface area contributed by atoms with E-state index in [0.29, 0.717) is 5.13 Å². The van der Waals surface area contributed by atoms with E-state index in [-0.39, 0.29) is 12.5 Å². The maximum Gasteiger partial charge on any atom is 0.308 e. The van der Waals surface area contributed by atoms with Crippen LogP contribution in [0.5, 0.6) is 0 Å². The van der Waals surface area contributed by atoms with Gasteiger partial charge in [-0.05, 0) is 12.1 Å². The first-order valence-corrected chi connectivity index (χ1v) is 8.31. The van der Waals surface area contributed by atoms with Crippen molar-refractivity contribution in [3.05, 3.63) is 34.1 Å². The Bertz CT molecular complexity index is 685. The average molecular weight is 383 g/mol. The van der Waals surface area contributed by atoms with Crippen LogP contribution in [0.2, 0.25) is 0 Å². The Morgan fingerprint density at radius 1 is 1.41 bits per heavy atom. The third-order valence-electron chi connectivity index (χ3n) is 2.69. The number of esters is 1. The maximum absolute atomic E-state index is 11.7. The zero-order valence-electron chi connectivity index (χ0n) is 12.1. The number of carbonyl (C=O) groups excluding carboxylic acids is 2. The van der Waals surface area contributed by atoms with Gasteiger partial charge in [0, 0.05) is 15.4 Å².